The number of hydrogen-bond donors (Lipinski definition) is 2. The number of benzene rings is 1. The zero-order valence-corrected chi connectivity index (χ0v) is 13.3. The van der Waals surface area contributed by atoms with Gasteiger partial charge in [0.1, 0.15) is 6.04 Å². The van der Waals surface area contributed by atoms with Crippen LogP contribution in [0.1, 0.15) is 37.8 Å². The molecule has 1 aromatic carbocycles. The topological polar surface area (TPSA) is 69.6 Å². The van der Waals surface area contributed by atoms with E-state index in [0.29, 0.717) is 18.0 Å². The number of amides is 1. The molecule has 0 bridgehead atoms. The average Bonchev–Trinajstić information content (AvgIpc) is 2.94. The minimum absolute atomic E-state index is 0.0874. The largest absolute Gasteiger partial charge is 0.480 e. The highest BCUT2D eigenvalue weighted by molar-refractivity contribution is 6.30. The summed E-state index contributed by atoms with van der Waals surface area (Å²) in [5.74, 6) is -0.995. The second kappa shape index (κ2) is 7.61. The molecular formula is C16H21ClN2O3. The van der Waals surface area contributed by atoms with Crippen molar-refractivity contribution in [1.82, 2.24) is 10.2 Å². The van der Waals surface area contributed by atoms with Crippen molar-refractivity contribution < 1.29 is 14.7 Å². The number of carbonyl (C=O) groups is 2. The van der Waals surface area contributed by atoms with Crippen LogP contribution >= 0.6 is 11.6 Å². The van der Waals surface area contributed by atoms with Crippen molar-refractivity contribution in [1.29, 1.82) is 0 Å². The van der Waals surface area contributed by atoms with Crippen LogP contribution in [0.25, 0.3) is 0 Å². The maximum absolute atomic E-state index is 12.2. The summed E-state index contributed by atoms with van der Waals surface area (Å²) in [5.41, 5.74) is 0.997. The standard InChI is InChI=1S/C16H21ClN2O3/c1-2-13(11-5-7-12(17)8-6-11)18-15(20)10-19-9-3-4-14(19)16(21)22/h5-8,13-14H,2-4,9-10H2,1H3,(H,18,20)(H,21,22)/t13-,14-/m1/s1. The van der Waals surface area contributed by atoms with Gasteiger partial charge in [-0.2, -0.15) is 0 Å². The number of nitrogens with zero attached hydrogens (tertiary/aromatic N) is 1. The summed E-state index contributed by atoms with van der Waals surface area (Å²) in [6, 6.07) is 6.76. The van der Waals surface area contributed by atoms with E-state index in [9.17, 15) is 9.59 Å². The van der Waals surface area contributed by atoms with Gasteiger partial charge in [0.15, 0.2) is 0 Å². The quantitative estimate of drug-likeness (QED) is 0.843. The lowest BCUT2D eigenvalue weighted by Crippen LogP contribution is -2.43. The van der Waals surface area contributed by atoms with Gasteiger partial charge in [0.25, 0.3) is 0 Å². The van der Waals surface area contributed by atoms with Crippen molar-refractivity contribution in [2.45, 2.75) is 38.3 Å². The van der Waals surface area contributed by atoms with Crippen LogP contribution in [0, 0.1) is 0 Å². The molecule has 1 fully saturated rings. The van der Waals surface area contributed by atoms with Crippen molar-refractivity contribution in [3.8, 4) is 0 Å². The van der Waals surface area contributed by atoms with Gasteiger partial charge in [-0.25, -0.2) is 0 Å². The summed E-state index contributed by atoms with van der Waals surface area (Å²) in [4.78, 5) is 25.1. The van der Waals surface area contributed by atoms with Gasteiger partial charge in [0.05, 0.1) is 12.6 Å². The van der Waals surface area contributed by atoms with Crippen molar-refractivity contribution >= 4 is 23.5 Å². The van der Waals surface area contributed by atoms with E-state index in [0.717, 1.165) is 18.4 Å². The van der Waals surface area contributed by atoms with Gasteiger partial charge in [0.2, 0.25) is 5.91 Å². The van der Waals surface area contributed by atoms with E-state index in [1.54, 1.807) is 17.0 Å². The second-order valence-corrected chi connectivity index (χ2v) is 5.98. The molecule has 0 unspecified atom stereocenters. The molecule has 0 saturated carbocycles. The van der Waals surface area contributed by atoms with Crippen molar-refractivity contribution in [3.05, 3.63) is 34.9 Å². The smallest absolute Gasteiger partial charge is 0.320 e. The number of likely N-dealkylation sites (tertiary alicyclic amines) is 1. The van der Waals surface area contributed by atoms with Gasteiger partial charge in [-0.1, -0.05) is 30.7 Å². The first-order valence-electron chi connectivity index (χ1n) is 7.53. The lowest BCUT2D eigenvalue weighted by atomic mass is 10.0. The molecule has 2 atom stereocenters. The van der Waals surface area contributed by atoms with Crippen LogP contribution in [0.2, 0.25) is 5.02 Å². The monoisotopic (exact) mass is 324 g/mol. The Morgan fingerprint density at radius 3 is 2.68 bits per heavy atom. The van der Waals surface area contributed by atoms with Crippen LogP contribution in [0.3, 0.4) is 0 Å². The number of rotatable bonds is 6. The van der Waals surface area contributed by atoms with Crippen LogP contribution in [0.5, 0.6) is 0 Å². The first-order chi connectivity index (χ1) is 10.5. The third kappa shape index (κ3) is 4.21. The summed E-state index contributed by atoms with van der Waals surface area (Å²) in [6.07, 6.45) is 2.19. The summed E-state index contributed by atoms with van der Waals surface area (Å²) in [7, 11) is 0. The SMILES string of the molecule is CC[C@@H](NC(=O)CN1CCC[C@@H]1C(=O)O)c1ccc(Cl)cc1. The van der Waals surface area contributed by atoms with Crippen molar-refractivity contribution in [2.24, 2.45) is 0 Å². The highest BCUT2D eigenvalue weighted by atomic mass is 35.5. The van der Waals surface area contributed by atoms with Gasteiger partial charge in [-0.3, -0.25) is 14.5 Å². The van der Waals surface area contributed by atoms with Crippen molar-refractivity contribution in [3.63, 3.8) is 0 Å². The Labute approximate surface area is 135 Å². The van der Waals surface area contributed by atoms with Gasteiger partial charge in [-0.15, -0.1) is 0 Å². The van der Waals surface area contributed by atoms with Gasteiger partial charge in [0, 0.05) is 5.02 Å². The molecule has 22 heavy (non-hydrogen) atoms. The molecule has 6 heteroatoms. The molecule has 1 aromatic rings. The molecule has 0 aromatic heterocycles. The van der Waals surface area contributed by atoms with E-state index < -0.39 is 12.0 Å². The van der Waals surface area contributed by atoms with E-state index in [1.165, 1.54) is 0 Å². The van der Waals surface area contributed by atoms with Crippen molar-refractivity contribution in [2.75, 3.05) is 13.1 Å². The summed E-state index contributed by atoms with van der Waals surface area (Å²) in [5, 5.41) is 12.8. The fourth-order valence-corrected chi connectivity index (χ4v) is 2.96. The van der Waals surface area contributed by atoms with Crippen LogP contribution in [-0.2, 0) is 9.59 Å². The maximum Gasteiger partial charge on any atom is 0.320 e. The van der Waals surface area contributed by atoms with Crippen LogP contribution in [-0.4, -0.2) is 41.0 Å². The minimum atomic E-state index is -0.852. The van der Waals surface area contributed by atoms with Gasteiger partial charge >= 0.3 is 5.97 Å². The van der Waals surface area contributed by atoms with E-state index in [1.807, 2.05) is 19.1 Å². The highest BCUT2D eigenvalue weighted by Crippen LogP contribution is 2.20. The van der Waals surface area contributed by atoms with E-state index in [4.69, 9.17) is 16.7 Å². The molecule has 2 rings (SSSR count). The molecule has 1 saturated heterocycles. The summed E-state index contributed by atoms with van der Waals surface area (Å²) in [6.45, 7) is 2.78. The first-order valence-corrected chi connectivity index (χ1v) is 7.90. The number of halogens is 1. The minimum Gasteiger partial charge on any atom is -0.480 e. The highest BCUT2D eigenvalue weighted by Gasteiger charge is 2.31. The molecule has 1 aliphatic heterocycles. The fraction of sp³-hybridized carbons (Fsp3) is 0.500. The van der Waals surface area contributed by atoms with E-state index in [2.05, 4.69) is 5.32 Å². The summed E-state index contributed by atoms with van der Waals surface area (Å²) >= 11 is 5.87. The second-order valence-electron chi connectivity index (χ2n) is 5.55. The molecule has 5 nitrogen and oxygen atoms in total. The van der Waals surface area contributed by atoms with Crippen LogP contribution in [0.4, 0.5) is 0 Å². The zero-order chi connectivity index (χ0) is 16.1. The third-order valence-electron chi connectivity index (χ3n) is 4.01. The van der Waals surface area contributed by atoms with Gasteiger partial charge < -0.3 is 10.4 Å². The predicted molar refractivity (Wildman–Crippen MR) is 84.9 cm³/mol. The third-order valence-corrected chi connectivity index (χ3v) is 4.26. The Bertz CT molecular complexity index is 533. The lowest BCUT2D eigenvalue weighted by molar-refractivity contribution is -0.142. The molecule has 0 radical (unpaired) electrons. The molecule has 1 amide bonds. The molecule has 1 aliphatic rings. The average molecular weight is 325 g/mol. The number of carboxylic acids is 1. The normalized spacial score (nSPS) is 19.8. The van der Waals surface area contributed by atoms with Crippen LogP contribution < -0.4 is 5.32 Å². The fourth-order valence-electron chi connectivity index (χ4n) is 2.84. The Kier molecular flexibility index (Phi) is 5.80. The summed E-state index contributed by atoms with van der Waals surface area (Å²) < 4.78 is 0. The maximum atomic E-state index is 12.2. The Morgan fingerprint density at radius 1 is 1.41 bits per heavy atom. The molecule has 0 aliphatic carbocycles. The number of carboxylic acid groups (broad SMARTS) is 1. The molecule has 2 N–H and O–H groups in total. The molecular weight excluding hydrogens is 304 g/mol. The number of nitrogens with one attached hydrogen (secondary N) is 1. The zero-order valence-electron chi connectivity index (χ0n) is 12.6. The number of aliphatic carboxylic acids is 1. The Balaban J connectivity index is 1.95. The predicted octanol–water partition coefficient (Wildman–Crippen LogP) is 2.46. The van der Waals surface area contributed by atoms with Gasteiger partial charge in [-0.05, 0) is 43.5 Å². The molecule has 0 spiro atoms. The molecule has 120 valence electrons. The van der Waals surface area contributed by atoms with Crippen LogP contribution in [0.15, 0.2) is 24.3 Å². The Hall–Kier alpha value is -1.59. The van der Waals surface area contributed by atoms with E-state index in [-0.39, 0.29) is 18.5 Å². The first kappa shape index (κ1) is 16.8. The number of carbonyl (C=O) groups excluding carboxylic acids is 1. The van der Waals surface area contributed by atoms with E-state index >= 15 is 0 Å². The Morgan fingerprint density at radius 2 is 2.09 bits per heavy atom. The number of hydrogen-bond acceptors (Lipinski definition) is 3. The molecule has 1 heterocycles. The lowest BCUT2D eigenvalue weighted by Gasteiger charge is -2.23.